The molecule has 1 heterocycles. The fourth-order valence-electron chi connectivity index (χ4n) is 4.38. The molecule has 1 N–H and O–H groups in total. The van der Waals surface area contributed by atoms with Crippen LogP contribution in [0.25, 0.3) is 0 Å². The molecule has 0 bridgehead atoms. The van der Waals surface area contributed by atoms with Gasteiger partial charge < -0.3 is 15.0 Å². The molecule has 6 nitrogen and oxygen atoms in total. The van der Waals surface area contributed by atoms with E-state index in [1.807, 2.05) is 49.4 Å². The maximum absolute atomic E-state index is 13.1. The number of nitrogens with zero attached hydrogens (tertiary/aromatic N) is 1. The Labute approximate surface area is 211 Å². The number of benzene rings is 3. The number of anilines is 1. The molecule has 184 valence electrons. The van der Waals surface area contributed by atoms with Gasteiger partial charge in [-0.25, -0.2) is 8.42 Å². The van der Waals surface area contributed by atoms with Crippen LogP contribution in [0.2, 0.25) is 5.02 Å². The minimum absolute atomic E-state index is 0.200. The van der Waals surface area contributed by atoms with Crippen molar-refractivity contribution in [1.82, 2.24) is 5.32 Å². The molecule has 8 heteroatoms. The molecule has 4 rings (SSSR count). The molecular weight excluding hydrogens is 484 g/mol. The van der Waals surface area contributed by atoms with Gasteiger partial charge in [-0.05, 0) is 79.8 Å². The lowest BCUT2D eigenvalue weighted by atomic mass is 10.0. The quantitative estimate of drug-likeness (QED) is 0.471. The summed E-state index contributed by atoms with van der Waals surface area (Å²) in [5.74, 6) is 0.0684. The molecule has 1 fully saturated rings. The van der Waals surface area contributed by atoms with E-state index in [9.17, 15) is 13.2 Å². The van der Waals surface area contributed by atoms with Crippen molar-refractivity contribution in [2.45, 2.75) is 37.1 Å². The van der Waals surface area contributed by atoms with Gasteiger partial charge in [-0.2, -0.15) is 0 Å². The zero-order valence-corrected chi connectivity index (χ0v) is 21.4. The molecule has 0 radical (unpaired) electrons. The number of sulfone groups is 1. The molecule has 1 aliphatic rings. The number of carbonyl (C=O) groups is 1. The second-order valence-electron chi connectivity index (χ2n) is 8.76. The smallest absolute Gasteiger partial charge is 0.243 e. The standard InChI is InChI=1S/C27H29ClN2O4S/c1-19-5-12-24(13-6-19)35(32,33)18-29-27(31)26-4-3-15-30(26)25-14-9-22(28)17-21(25)16-20-7-10-23(34-2)11-8-20/h5-14,17,26H,3-4,15-16,18H2,1-2H3,(H,29,31). The van der Waals surface area contributed by atoms with E-state index in [0.29, 0.717) is 24.4 Å². The summed E-state index contributed by atoms with van der Waals surface area (Å²) >= 11 is 6.32. The highest BCUT2D eigenvalue weighted by Crippen LogP contribution is 2.32. The summed E-state index contributed by atoms with van der Waals surface area (Å²) in [6.07, 6.45) is 2.14. The molecule has 1 amide bonds. The molecule has 3 aromatic rings. The first-order valence-electron chi connectivity index (χ1n) is 11.5. The summed E-state index contributed by atoms with van der Waals surface area (Å²) in [6.45, 7) is 2.60. The average molecular weight is 513 g/mol. The van der Waals surface area contributed by atoms with E-state index in [0.717, 1.165) is 34.5 Å². The van der Waals surface area contributed by atoms with Gasteiger partial charge in [-0.1, -0.05) is 41.4 Å². The van der Waals surface area contributed by atoms with Crippen molar-refractivity contribution in [2.24, 2.45) is 0 Å². The van der Waals surface area contributed by atoms with Gasteiger partial charge in [0.2, 0.25) is 5.91 Å². The highest BCUT2D eigenvalue weighted by Gasteiger charge is 2.32. The minimum Gasteiger partial charge on any atom is -0.497 e. The number of rotatable bonds is 8. The van der Waals surface area contributed by atoms with Gasteiger partial charge in [0.05, 0.1) is 12.0 Å². The lowest BCUT2D eigenvalue weighted by Crippen LogP contribution is -2.45. The number of hydrogen-bond donors (Lipinski definition) is 1. The number of methoxy groups -OCH3 is 1. The van der Waals surface area contributed by atoms with E-state index in [2.05, 4.69) is 10.2 Å². The predicted octanol–water partition coefficient (Wildman–Crippen LogP) is 4.76. The Morgan fingerprint density at radius 2 is 1.80 bits per heavy atom. The van der Waals surface area contributed by atoms with Crippen LogP contribution in [0.15, 0.2) is 71.6 Å². The second-order valence-corrected chi connectivity index (χ2v) is 11.2. The summed E-state index contributed by atoms with van der Waals surface area (Å²) in [4.78, 5) is 15.4. The number of nitrogens with one attached hydrogen (secondary N) is 1. The summed E-state index contributed by atoms with van der Waals surface area (Å²) in [7, 11) is -1.99. The number of amides is 1. The van der Waals surface area contributed by atoms with Gasteiger partial charge in [0.25, 0.3) is 0 Å². The molecule has 0 saturated carbocycles. The zero-order valence-electron chi connectivity index (χ0n) is 19.8. The van der Waals surface area contributed by atoms with Crippen molar-refractivity contribution in [1.29, 1.82) is 0 Å². The van der Waals surface area contributed by atoms with E-state index < -0.39 is 21.8 Å². The molecule has 1 unspecified atom stereocenters. The summed E-state index contributed by atoms with van der Waals surface area (Å²) < 4.78 is 30.7. The Kier molecular flexibility index (Phi) is 7.67. The lowest BCUT2D eigenvalue weighted by Gasteiger charge is -2.28. The van der Waals surface area contributed by atoms with Crippen LogP contribution in [0.4, 0.5) is 5.69 Å². The first-order valence-corrected chi connectivity index (χ1v) is 13.5. The topological polar surface area (TPSA) is 75.7 Å². The normalized spacial score (nSPS) is 15.7. The van der Waals surface area contributed by atoms with Crippen LogP contribution in [-0.4, -0.2) is 39.9 Å². The van der Waals surface area contributed by atoms with Gasteiger partial charge in [0.1, 0.15) is 17.7 Å². The summed E-state index contributed by atoms with van der Waals surface area (Å²) in [6, 6.07) is 19.7. The maximum Gasteiger partial charge on any atom is 0.243 e. The number of carbonyl (C=O) groups excluding carboxylic acids is 1. The number of hydrogen-bond acceptors (Lipinski definition) is 5. The molecule has 3 aromatic carbocycles. The number of halogens is 1. The molecule has 35 heavy (non-hydrogen) atoms. The SMILES string of the molecule is COc1ccc(Cc2cc(Cl)ccc2N2CCCC2C(=O)NCS(=O)(=O)c2ccc(C)cc2)cc1. The van der Waals surface area contributed by atoms with Crippen molar-refractivity contribution >= 4 is 33.0 Å². The summed E-state index contributed by atoms with van der Waals surface area (Å²) in [5.41, 5.74) is 4.01. The van der Waals surface area contributed by atoms with Crippen molar-refractivity contribution in [3.8, 4) is 5.75 Å². The van der Waals surface area contributed by atoms with Crippen LogP contribution in [-0.2, 0) is 21.1 Å². The van der Waals surface area contributed by atoms with Gasteiger partial charge in [0.15, 0.2) is 9.84 Å². The largest absolute Gasteiger partial charge is 0.497 e. The van der Waals surface area contributed by atoms with Crippen molar-refractivity contribution in [3.63, 3.8) is 0 Å². The molecular formula is C27H29ClN2O4S. The first kappa shape index (κ1) is 25.1. The molecule has 0 spiro atoms. The second kappa shape index (κ2) is 10.7. The fraction of sp³-hybridized carbons (Fsp3) is 0.296. The van der Waals surface area contributed by atoms with E-state index in [1.165, 1.54) is 0 Å². The van der Waals surface area contributed by atoms with Crippen LogP contribution in [0.3, 0.4) is 0 Å². The van der Waals surface area contributed by atoms with E-state index in [-0.39, 0.29) is 10.8 Å². The highest BCUT2D eigenvalue weighted by atomic mass is 35.5. The lowest BCUT2D eigenvalue weighted by molar-refractivity contribution is -0.121. The molecule has 1 aliphatic heterocycles. The van der Waals surface area contributed by atoms with E-state index >= 15 is 0 Å². The molecule has 1 saturated heterocycles. The Morgan fingerprint density at radius 1 is 1.09 bits per heavy atom. The maximum atomic E-state index is 13.1. The van der Waals surface area contributed by atoms with Gasteiger partial charge in [-0.3, -0.25) is 4.79 Å². The van der Waals surface area contributed by atoms with Gasteiger partial charge in [0, 0.05) is 17.3 Å². The third-order valence-corrected chi connectivity index (χ3v) is 8.03. The van der Waals surface area contributed by atoms with Crippen LogP contribution in [0, 0.1) is 6.92 Å². The van der Waals surface area contributed by atoms with Gasteiger partial charge >= 0.3 is 0 Å². The Bertz CT molecular complexity index is 1290. The highest BCUT2D eigenvalue weighted by molar-refractivity contribution is 7.91. The zero-order chi connectivity index (χ0) is 25.0. The predicted molar refractivity (Wildman–Crippen MR) is 139 cm³/mol. The van der Waals surface area contributed by atoms with E-state index in [1.54, 1.807) is 31.4 Å². The van der Waals surface area contributed by atoms with Crippen molar-refractivity contribution in [3.05, 3.63) is 88.4 Å². The molecule has 1 atom stereocenters. The third kappa shape index (κ3) is 5.97. The average Bonchev–Trinajstić information content (AvgIpc) is 3.33. The van der Waals surface area contributed by atoms with Crippen LogP contribution >= 0.6 is 11.6 Å². The van der Waals surface area contributed by atoms with Crippen LogP contribution in [0.5, 0.6) is 5.75 Å². The van der Waals surface area contributed by atoms with E-state index in [4.69, 9.17) is 16.3 Å². The molecule has 0 aromatic heterocycles. The fourth-order valence-corrected chi connectivity index (χ4v) is 5.62. The Hall–Kier alpha value is -3.03. The van der Waals surface area contributed by atoms with Crippen LogP contribution < -0.4 is 15.0 Å². The van der Waals surface area contributed by atoms with Crippen molar-refractivity contribution in [2.75, 3.05) is 24.4 Å². The van der Waals surface area contributed by atoms with Gasteiger partial charge in [-0.15, -0.1) is 0 Å². The molecule has 0 aliphatic carbocycles. The Balaban J connectivity index is 1.50. The van der Waals surface area contributed by atoms with Crippen molar-refractivity contribution < 1.29 is 17.9 Å². The number of aryl methyl sites for hydroxylation is 1. The Morgan fingerprint density at radius 3 is 2.49 bits per heavy atom. The first-order chi connectivity index (χ1) is 16.8. The van der Waals surface area contributed by atoms with Crippen LogP contribution in [0.1, 0.15) is 29.5 Å². The third-order valence-electron chi connectivity index (χ3n) is 6.28. The summed E-state index contributed by atoms with van der Waals surface area (Å²) in [5, 5.41) is 3.29. The minimum atomic E-state index is -3.62. The number of ether oxygens (including phenoxy) is 1. The monoisotopic (exact) mass is 512 g/mol.